The van der Waals surface area contributed by atoms with Crippen LogP contribution >= 0.6 is 12.4 Å². The normalized spacial score (nSPS) is 18.4. The van der Waals surface area contributed by atoms with Gasteiger partial charge < -0.3 is 5.11 Å². The first-order chi connectivity index (χ1) is 10.4. The molecule has 3 heteroatoms. The van der Waals surface area contributed by atoms with E-state index in [-0.39, 0.29) is 24.9 Å². The average molecular weight is 316 g/mol. The van der Waals surface area contributed by atoms with Gasteiger partial charge in [-0.3, -0.25) is 4.90 Å². The summed E-state index contributed by atoms with van der Waals surface area (Å²) in [6.45, 7) is 2.99. The second-order valence-electron chi connectivity index (χ2n) is 5.58. The minimum atomic E-state index is 0. The highest BCUT2D eigenvalue weighted by atomic mass is 35.5. The van der Waals surface area contributed by atoms with Crippen molar-refractivity contribution in [3.8, 4) is 0 Å². The summed E-state index contributed by atoms with van der Waals surface area (Å²) >= 11 is 0. The molecule has 0 saturated heterocycles. The van der Waals surface area contributed by atoms with Gasteiger partial charge >= 0.3 is 0 Å². The molecule has 0 aliphatic carbocycles. The maximum absolute atomic E-state index is 9.74. The molecule has 1 unspecified atom stereocenters. The van der Waals surface area contributed by atoms with E-state index < -0.39 is 0 Å². The molecule has 22 heavy (non-hydrogen) atoms. The summed E-state index contributed by atoms with van der Waals surface area (Å²) in [6.07, 6.45) is 2.27. The first-order valence-electron chi connectivity index (χ1n) is 7.49. The Labute approximate surface area is 138 Å². The standard InChI is InChI=1S/C19H21NO.ClH/c21-15-18-14-20(13-16-7-3-1-4-8-16)12-11-19(18)17-9-5-2-6-10-17;/h1-11,18,21H,12-15H2;1H. The zero-order chi connectivity index (χ0) is 14.5. The summed E-state index contributed by atoms with van der Waals surface area (Å²) in [5, 5.41) is 9.74. The van der Waals surface area contributed by atoms with Crippen molar-refractivity contribution in [2.45, 2.75) is 6.54 Å². The Morgan fingerprint density at radius 3 is 2.23 bits per heavy atom. The third-order valence-electron chi connectivity index (χ3n) is 4.06. The molecule has 1 atom stereocenters. The first kappa shape index (κ1) is 16.8. The van der Waals surface area contributed by atoms with Gasteiger partial charge in [0.05, 0.1) is 6.61 Å². The molecule has 1 heterocycles. The molecule has 2 aromatic carbocycles. The van der Waals surface area contributed by atoms with Crippen molar-refractivity contribution in [2.75, 3.05) is 19.7 Å². The maximum Gasteiger partial charge on any atom is 0.0512 e. The fraction of sp³-hybridized carbons (Fsp3) is 0.263. The lowest BCUT2D eigenvalue weighted by molar-refractivity contribution is 0.189. The molecule has 0 spiro atoms. The number of hydrogen-bond donors (Lipinski definition) is 1. The van der Waals surface area contributed by atoms with Crippen LogP contribution in [-0.2, 0) is 6.54 Å². The van der Waals surface area contributed by atoms with Crippen LogP contribution in [0.15, 0.2) is 66.7 Å². The van der Waals surface area contributed by atoms with Crippen LogP contribution in [0.5, 0.6) is 0 Å². The highest BCUT2D eigenvalue weighted by Crippen LogP contribution is 2.28. The van der Waals surface area contributed by atoms with Crippen LogP contribution < -0.4 is 0 Å². The van der Waals surface area contributed by atoms with Crippen molar-refractivity contribution in [2.24, 2.45) is 5.92 Å². The number of hydrogen-bond acceptors (Lipinski definition) is 2. The van der Waals surface area contributed by atoms with Gasteiger partial charge in [-0.15, -0.1) is 12.4 Å². The van der Waals surface area contributed by atoms with E-state index in [0.717, 1.165) is 19.6 Å². The molecule has 2 aromatic rings. The highest BCUT2D eigenvalue weighted by molar-refractivity contribution is 5.85. The molecule has 1 aliphatic rings. The van der Waals surface area contributed by atoms with Crippen LogP contribution in [0.25, 0.3) is 5.57 Å². The zero-order valence-electron chi connectivity index (χ0n) is 12.6. The highest BCUT2D eigenvalue weighted by Gasteiger charge is 2.22. The minimum absolute atomic E-state index is 0. The van der Waals surface area contributed by atoms with Crippen LogP contribution in [0.1, 0.15) is 11.1 Å². The molecule has 0 bridgehead atoms. The number of nitrogens with zero attached hydrogens (tertiary/aromatic N) is 1. The topological polar surface area (TPSA) is 23.5 Å². The molecule has 0 saturated carbocycles. The summed E-state index contributed by atoms with van der Waals surface area (Å²) in [7, 11) is 0. The van der Waals surface area contributed by atoms with E-state index in [1.54, 1.807) is 0 Å². The van der Waals surface area contributed by atoms with Gasteiger partial charge in [0.2, 0.25) is 0 Å². The van der Waals surface area contributed by atoms with E-state index in [1.165, 1.54) is 16.7 Å². The van der Waals surface area contributed by atoms with Crippen molar-refractivity contribution in [1.82, 2.24) is 4.90 Å². The Morgan fingerprint density at radius 1 is 0.955 bits per heavy atom. The van der Waals surface area contributed by atoms with Crippen molar-refractivity contribution in [3.63, 3.8) is 0 Å². The third-order valence-corrected chi connectivity index (χ3v) is 4.06. The third kappa shape index (κ3) is 3.98. The van der Waals surface area contributed by atoms with Gasteiger partial charge in [-0.05, 0) is 16.7 Å². The van der Waals surface area contributed by atoms with Crippen LogP contribution in [0, 0.1) is 5.92 Å². The Balaban J connectivity index is 0.00000176. The lowest BCUT2D eigenvalue weighted by atomic mass is 9.89. The second kappa shape index (κ2) is 8.14. The van der Waals surface area contributed by atoms with E-state index in [0.29, 0.717) is 0 Å². The van der Waals surface area contributed by atoms with Gasteiger partial charge in [0.25, 0.3) is 0 Å². The van der Waals surface area contributed by atoms with E-state index in [9.17, 15) is 5.11 Å². The molecule has 0 fully saturated rings. The summed E-state index contributed by atoms with van der Waals surface area (Å²) in [4.78, 5) is 2.39. The molecule has 0 amide bonds. The van der Waals surface area contributed by atoms with Crippen molar-refractivity contribution < 1.29 is 5.11 Å². The smallest absolute Gasteiger partial charge is 0.0512 e. The lowest BCUT2D eigenvalue weighted by Gasteiger charge is -2.32. The summed E-state index contributed by atoms with van der Waals surface area (Å²) in [5.74, 6) is 0.199. The number of rotatable bonds is 4. The fourth-order valence-electron chi connectivity index (χ4n) is 2.99. The molecule has 0 aromatic heterocycles. The molecule has 2 nitrogen and oxygen atoms in total. The van der Waals surface area contributed by atoms with Gasteiger partial charge in [0.15, 0.2) is 0 Å². The molecule has 1 aliphatic heterocycles. The van der Waals surface area contributed by atoms with E-state index in [1.807, 2.05) is 12.1 Å². The number of aliphatic hydroxyl groups excluding tert-OH is 1. The van der Waals surface area contributed by atoms with Crippen molar-refractivity contribution >= 4 is 18.0 Å². The number of aliphatic hydroxyl groups is 1. The predicted octanol–water partition coefficient (Wildman–Crippen LogP) is 3.62. The lowest BCUT2D eigenvalue weighted by Crippen LogP contribution is -2.35. The Bertz CT molecular complexity index is 597. The zero-order valence-corrected chi connectivity index (χ0v) is 13.4. The van der Waals surface area contributed by atoms with Crippen LogP contribution in [-0.4, -0.2) is 29.7 Å². The monoisotopic (exact) mass is 315 g/mol. The molecule has 116 valence electrons. The van der Waals surface area contributed by atoms with Crippen molar-refractivity contribution in [1.29, 1.82) is 0 Å². The largest absolute Gasteiger partial charge is 0.396 e. The fourth-order valence-corrected chi connectivity index (χ4v) is 2.99. The Kier molecular flexibility index (Phi) is 6.20. The van der Waals surface area contributed by atoms with Crippen LogP contribution in [0.2, 0.25) is 0 Å². The molecule has 3 rings (SSSR count). The average Bonchev–Trinajstić information content (AvgIpc) is 2.56. The van der Waals surface area contributed by atoms with Gasteiger partial charge in [-0.1, -0.05) is 66.7 Å². The quantitative estimate of drug-likeness (QED) is 0.931. The molecule has 1 N–H and O–H groups in total. The number of benzene rings is 2. The van der Waals surface area contributed by atoms with Crippen LogP contribution in [0.3, 0.4) is 0 Å². The second-order valence-corrected chi connectivity index (χ2v) is 5.58. The summed E-state index contributed by atoms with van der Waals surface area (Å²) in [6, 6.07) is 20.9. The molecular formula is C19H22ClNO. The molecule has 0 radical (unpaired) electrons. The van der Waals surface area contributed by atoms with E-state index >= 15 is 0 Å². The number of halogens is 1. The summed E-state index contributed by atoms with van der Waals surface area (Å²) < 4.78 is 0. The van der Waals surface area contributed by atoms with E-state index in [2.05, 4.69) is 59.5 Å². The minimum Gasteiger partial charge on any atom is -0.396 e. The Morgan fingerprint density at radius 2 is 1.59 bits per heavy atom. The predicted molar refractivity (Wildman–Crippen MR) is 94.0 cm³/mol. The maximum atomic E-state index is 9.74. The molecular weight excluding hydrogens is 294 g/mol. The van der Waals surface area contributed by atoms with E-state index in [4.69, 9.17) is 0 Å². The van der Waals surface area contributed by atoms with Crippen LogP contribution in [0.4, 0.5) is 0 Å². The SMILES string of the molecule is Cl.OCC1CN(Cc2ccccc2)CC=C1c1ccccc1. The Hall–Kier alpha value is -1.61. The van der Waals surface area contributed by atoms with Gasteiger partial charge in [-0.2, -0.15) is 0 Å². The van der Waals surface area contributed by atoms with Gasteiger partial charge in [-0.25, -0.2) is 0 Å². The summed E-state index contributed by atoms with van der Waals surface area (Å²) in [5.41, 5.74) is 3.84. The van der Waals surface area contributed by atoms with Crippen molar-refractivity contribution in [3.05, 3.63) is 77.9 Å². The van der Waals surface area contributed by atoms with Gasteiger partial charge in [0.1, 0.15) is 0 Å². The van der Waals surface area contributed by atoms with Gasteiger partial charge in [0, 0.05) is 25.6 Å². The first-order valence-corrected chi connectivity index (χ1v) is 7.49.